The van der Waals surface area contributed by atoms with E-state index in [0.29, 0.717) is 17.4 Å². The molecule has 3 aromatic heterocycles. The first kappa shape index (κ1) is 19.2. The molecule has 5 nitrogen and oxygen atoms in total. The summed E-state index contributed by atoms with van der Waals surface area (Å²) in [5, 5.41) is 1.96. The maximum absolute atomic E-state index is 12.2. The Kier molecular flexibility index (Phi) is 4.82. The molecule has 5 rings (SSSR count). The van der Waals surface area contributed by atoms with Crippen LogP contribution in [0.3, 0.4) is 0 Å². The molecule has 0 spiro atoms. The van der Waals surface area contributed by atoms with Gasteiger partial charge in [0.05, 0.1) is 5.39 Å². The Morgan fingerprint density at radius 2 is 2.00 bits per heavy atom. The lowest BCUT2D eigenvalue weighted by molar-refractivity contribution is 0.298. The highest BCUT2D eigenvalue weighted by atomic mass is 32.1. The Bertz CT molecular complexity index is 1320. The van der Waals surface area contributed by atoms with Gasteiger partial charge < -0.3 is 9.15 Å². The van der Waals surface area contributed by atoms with Gasteiger partial charge in [-0.1, -0.05) is 13.8 Å². The van der Waals surface area contributed by atoms with Gasteiger partial charge >= 0.3 is 5.63 Å². The quantitative estimate of drug-likeness (QED) is 0.397. The molecule has 154 valence electrons. The van der Waals surface area contributed by atoms with Crippen LogP contribution < -0.4 is 10.4 Å². The van der Waals surface area contributed by atoms with Crippen LogP contribution in [0.4, 0.5) is 0 Å². The highest BCUT2D eigenvalue weighted by molar-refractivity contribution is 7.18. The van der Waals surface area contributed by atoms with E-state index in [0.717, 1.165) is 39.6 Å². The number of fused-ring (bicyclic) bond motifs is 4. The van der Waals surface area contributed by atoms with Crippen LogP contribution in [0.25, 0.3) is 21.2 Å². The maximum atomic E-state index is 12.2. The highest BCUT2D eigenvalue weighted by Crippen LogP contribution is 2.39. The first-order valence-electron chi connectivity index (χ1n) is 10.5. The molecule has 1 aromatic carbocycles. The summed E-state index contributed by atoms with van der Waals surface area (Å²) in [4.78, 5) is 23.5. The van der Waals surface area contributed by atoms with E-state index in [4.69, 9.17) is 9.15 Å². The van der Waals surface area contributed by atoms with E-state index in [1.807, 2.05) is 6.07 Å². The van der Waals surface area contributed by atoms with E-state index in [1.165, 1.54) is 34.9 Å². The molecular weight excluding hydrogens is 396 g/mol. The van der Waals surface area contributed by atoms with Gasteiger partial charge in [0.15, 0.2) is 0 Å². The van der Waals surface area contributed by atoms with Crippen LogP contribution in [0.15, 0.2) is 33.7 Å². The molecule has 6 heteroatoms. The lowest BCUT2D eigenvalue weighted by atomic mass is 9.95. The lowest BCUT2D eigenvalue weighted by Crippen LogP contribution is -2.06. The molecule has 0 bridgehead atoms. The molecule has 1 aliphatic rings. The van der Waals surface area contributed by atoms with Crippen LogP contribution in [0.2, 0.25) is 0 Å². The Morgan fingerprint density at radius 3 is 2.83 bits per heavy atom. The summed E-state index contributed by atoms with van der Waals surface area (Å²) in [5.74, 6) is 0.992. The van der Waals surface area contributed by atoms with Gasteiger partial charge in [-0.3, -0.25) is 0 Å². The van der Waals surface area contributed by atoms with E-state index < -0.39 is 0 Å². The maximum Gasteiger partial charge on any atom is 0.336 e. The summed E-state index contributed by atoms with van der Waals surface area (Å²) in [6.07, 6.45) is 6.14. The fourth-order valence-electron chi connectivity index (χ4n) is 4.45. The number of ether oxygens (including phenoxy) is 1. The summed E-state index contributed by atoms with van der Waals surface area (Å²) in [5.41, 5.74) is 4.77. The number of rotatable bonds is 4. The zero-order chi connectivity index (χ0) is 20.8. The molecule has 30 heavy (non-hydrogen) atoms. The monoisotopic (exact) mass is 420 g/mol. The van der Waals surface area contributed by atoms with E-state index >= 15 is 0 Å². The first-order chi connectivity index (χ1) is 14.5. The summed E-state index contributed by atoms with van der Waals surface area (Å²) in [6, 6.07) is 5.61. The van der Waals surface area contributed by atoms with Crippen LogP contribution >= 0.6 is 11.3 Å². The average Bonchev–Trinajstić information content (AvgIpc) is 3.10. The topological polar surface area (TPSA) is 65.2 Å². The van der Waals surface area contributed by atoms with Crippen LogP contribution in [0, 0.1) is 6.92 Å². The van der Waals surface area contributed by atoms with Crippen molar-refractivity contribution in [3.63, 3.8) is 0 Å². The van der Waals surface area contributed by atoms with Crippen molar-refractivity contribution >= 4 is 32.5 Å². The Morgan fingerprint density at radius 1 is 1.17 bits per heavy atom. The Labute approximate surface area is 178 Å². The van der Waals surface area contributed by atoms with Crippen LogP contribution in [-0.2, 0) is 19.4 Å². The van der Waals surface area contributed by atoms with Crippen molar-refractivity contribution in [2.45, 2.75) is 59.0 Å². The molecule has 0 radical (unpaired) electrons. The molecule has 0 saturated carbocycles. The molecule has 0 saturated heterocycles. The highest BCUT2D eigenvalue weighted by Gasteiger charge is 2.21. The molecule has 0 N–H and O–H groups in total. The number of aromatic nitrogens is 2. The second-order valence-corrected chi connectivity index (χ2v) is 9.39. The predicted octanol–water partition coefficient (Wildman–Crippen LogP) is 5.69. The Hall–Kier alpha value is -2.73. The third kappa shape index (κ3) is 3.29. The number of nitrogens with zero attached hydrogens (tertiary/aromatic N) is 2. The smallest absolute Gasteiger partial charge is 0.336 e. The van der Waals surface area contributed by atoms with Gasteiger partial charge in [-0.2, -0.15) is 0 Å². The van der Waals surface area contributed by atoms with E-state index in [9.17, 15) is 4.79 Å². The minimum absolute atomic E-state index is 0.263. The molecule has 1 aliphatic carbocycles. The van der Waals surface area contributed by atoms with E-state index in [-0.39, 0.29) is 12.2 Å². The van der Waals surface area contributed by atoms with Crippen molar-refractivity contribution in [1.82, 2.24) is 9.97 Å². The van der Waals surface area contributed by atoms with Gasteiger partial charge in [-0.25, -0.2) is 14.8 Å². The van der Waals surface area contributed by atoms with E-state index in [2.05, 4.69) is 36.8 Å². The van der Waals surface area contributed by atoms with Crippen LogP contribution in [0.1, 0.15) is 59.7 Å². The van der Waals surface area contributed by atoms with E-state index in [1.54, 1.807) is 17.7 Å². The van der Waals surface area contributed by atoms with Gasteiger partial charge in [0.25, 0.3) is 0 Å². The second kappa shape index (κ2) is 7.51. The fourth-order valence-corrected chi connectivity index (χ4v) is 5.67. The van der Waals surface area contributed by atoms with Gasteiger partial charge in [-0.05, 0) is 67.3 Å². The molecule has 0 amide bonds. The van der Waals surface area contributed by atoms with Crippen molar-refractivity contribution in [1.29, 1.82) is 0 Å². The zero-order valence-electron chi connectivity index (χ0n) is 17.4. The van der Waals surface area contributed by atoms with Gasteiger partial charge in [0.2, 0.25) is 5.88 Å². The Balaban J connectivity index is 1.56. The number of thiophene rings is 1. The first-order valence-corrected chi connectivity index (χ1v) is 11.3. The third-order valence-corrected chi connectivity index (χ3v) is 7.12. The summed E-state index contributed by atoms with van der Waals surface area (Å²) in [6.45, 7) is 6.65. The normalized spacial score (nSPS) is 13.9. The molecule has 3 heterocycles. The summed E-state index contributed by atoms with van der Waals surface area (Å²) >= 11 is 1.75. The van der Waals surface area contributed by atoms with Gasteiger partial charge in [0.1, 0.15) is 23.3 Å². The number of aryl methyl sites for hydroxylation is 3. The van der Waals surface area contributed by atoms with Crippen molar-refractivity contribution in [3.8, 4) is 5.88 Å². The molecule has 0 unspecified atom stereocenters. The molecule has 0 atom stereocenters. The van der Waals surface area contributed by atoms with Crippen molar-refractivity contribution in [2.24, 2.45) is 0 Å². The standard InChI is InChI=1S/C24H24N2O3S/c1-13(2)17-10-18-15(9-21(27)29-19(18)8-14(17)3)11-28-23-22-16-6-4-5-7-20(16)30-24(22)26-12-25-23/h8-10,12-13H,4-7,11H2,1-3H3. The minimum atomic E-state index is -0.362. The van der Waals surface area contributed by atoms with Crippen molar-refractivity contribution < 1.29 is 9.15 Å². The lowest BCUT2D eigenvalue weighted by Gasteiger charge is -2.14. The number of hydrogen-bond acceptors (Lipinski definition) is 6. The average molecular weight is 421 g/mol. The second-order valence-electron chi connectivity index (χ2n) is 8.31. The fraction of sp³-hybridized carbons (Fsp3) is 0.375. The minimum Gasteiger partial charge on any atom is -0.472 e. The van der Waals surface area contributed by atoms with Crippen molar-refractivity contribution in [2.75, 3.05) is 0 Å². The van der Waals surface area contributed by atoms with Gasteiger partial charge in [0, 0.05) is 21.9 Å². The third-order valence-electron chi connectivity index (χ3n) is 5.92. The zero-order valence-corrected chi connectivity index (χ0v) is 18.3. The summed E-state index contributed by atoms with van der Waals surface area (Å²) < 4.78 is 11.7. The largest absolute Gasteiger partial charge is 0.472 e. The van der Waals surface area contributed by atoms with Gasteiger partial charge in [-0.15, -0.1) is 11.3 Å². The summed E-state index contributed by atoms with van der Waals surface area (Å²) in [7, 11) is 0. The molecule has 4 aromatic rings. The molecular formula is C24H24N2O3S. The number of hydrogen-bond donors (Lipinski definition) is 0. The molecule has 0 fully saturated rings. The van der Waals surface area contributed by atoms with Crippen LogP contribution in [0.5, 0.6) is 5.88 Å². The number of benzene rings is 1. The van der Waals surface area contributed by atoms with Crippen molar-refractivity contribution in [3.05, 3.63) is 62.1 Å². The predicted molar refractivity (Wildman–Crippen MR) is 120 cm³/mol. The SMILES string of the molecule is Cc1cc2oc(=O)cc(COc3ncnc4sc5c(c34)CCCC5)c2cc1C(C)C. The molecule has 0 aliphatic heterocycles. The van der Waals surface area contributed by atoms with Crippen LogP contribution in [-0.4, -0.2) is 9.97 Å².